The van der Waals surface area contributed by atoms with Gasteiger partial charge < -0.3 is 0 Å². The maximum atomic E-state index is 11.5. The van der Waals surface area contributed by atoms with Crippen LogP contribution < -0.4 is 0 Å². The molecule has 0 saturated heterocycles. The molecule has 0 spiro atoms. The van der Waals surface area contributed by atoms with E-state index in [-0.39, 0.29) is 5.16 Å². The van der Waals surface area contributed by atoms with Gasteiger partial charge in [0, 0.05) is 35.2 Å². The Balaban J connectivity index is 2.21. The van der Waals surface area contributed by atoms with Crippen molar-refractivity contribution in [2.24, 2.45) is 0 Å². The molecule has 0 fully saturated rings. The Morgan fingerprint density at radius 1 is 1.14 bits per heavy atom. The molecule has 2 heterocycles. The first-order valence-corrected chi connectivity index (χ1v) is 8.40. The van der Waals surface area contributed by atoms with Crippen LogP contribution in [0.3, 0.4) is 0 Å². The van der Waals surface area contributed by atoms with Crippen LogP contribution in [0.2, 0.25) is 0 Å². The first-order valence-electron chi connectivity index (χ1n) is 6.09. The summed E-state index contributed by atoms with van der Waals surface area (Å²) in [5.41, 5.74) is 2.13. The van der Waals surface area contributed by atoms with Gasteiger partial charge in [0.1, 0.15) is 0 Å². The molecule has 0 unspecified atom stereocenters. The quantitative estimate of drug-likeness (QED) is 0.683. The van der Waals surface area contributed by atoms with Crippen molar-refractivity contribution in [3.05, 3.63) is 30.6 Å². The van der Waals surface area contributed by atoms with Crippen molar-refractivity contribution >= 4 is 30.8 Å². The van der Waals surface area contributed by atoms with Crippen molar-refractivity contribution in [2.45, 2.75) is 18.6 Å². The van der Waals surface area contributed by atoms with Gasteiger partial charge in [0.15, 0.2) is 5.82 Å². The average Bonchev–Trinajstić information content (AvgIpc) is 2.90. The van der Waals surface area contributed by atoms with Crippen LogP contribution in [0.1, 0.15) is 6.92 Å². The first-order chi connectivity index (χ1) is 10.0. The molecule has 0 aliphatic carbocycles. The second-order valence-electron chi connectivity index (χ2n) is 4.25. The summed E-state index contributed by atoms with van der Waals surface area (Å²) < 4.78 is 24.4. The summed E-state index contributed by atoms with van der Waals surface area (Å²) in [5.74, 6) is 0.421. The zero-order chi connectivity index (χ0) is 15.0. The van der Waals surface area contributed by atoms with Gasteiger partial charge in [-0.15, -0.1) is 10.2 Å². The molecule has 108 valence electrons. The molecule has 1 aromatic carbocycles. The standard InChI is InChI=1S/C12H10ClN5O2S/c1-2-18-11(16-17-12(18)21(13,19)20)8-3-4-9-10(7-8)15-6-5-14-9/h3-7H,2H2,1H3. The van der Waals surface area contributed by atoms with Gasteiger partial charge in [0.25, 0.3) is 14.2 Å². The number of nitrogens with zero attached hydrogens (tertiary/aromatic N) is 5. The fourth-order valence-corrected chi connectivity index (χ4v) is 3.03. The molecule has 0 radical (unpaired) electrons. The number of hydrogen-bond donors (Lipinski definition) is 0. The number of benzene rings is 1. The monoisotopic (exact) mass is 323 g/mol. The van der Waals surface area contributed by atoms with Gasteiger partial charge in [-0.1, -0.05) is 0 Å². The van der Waals surface area contributed by atoms with Gasteiger partial charge in [-0.3, -0.25) is 14.5 Å². The Morgan fingerprint density at radius 2 is 1.86 bits per heavy atom. The Kier molecular flexibility index (Phi) is 3.34. The molecule has 0 aliphatic heterocycles. The second-order valence-corrected chi connectivity index (χ2v) is 6.71. The van der Waals surface area contributed by atoms with Crippen molar-refractivity contribution in [2.75, 3.05) is 0 Å². The lowest BCUT2D eigenvalue weighted by Gasteiger charge is -2.06. The zero-order valence-corrected chi connectivity index (χ0v) is 12.5. The lowest BCUT2D eigenvalue weighted by Crippen LogP contribution is -2.06. The number of fused-ring (bicyclic) bond motifs is 1. The molecular weight excluding hydrogens is 314 g/mol. The first kappa shape index (κ1) is 13.9. The smallest absolute Gasteiger partial charge is 0.296 e. The van der Waals surface area contributed by atoms with E-state index in [1.807, 2.05) is 0 Å². The lowest BCUT2D eigenvalue weighted by atomic mass is 10.2. The summed E-state index contributed by atoms with van der Waals surface area (Å²) in [7, 11) is 1.42. The van der Waals surface area contributed by atoms with Crippen LogP contribution in [-0.2, 0) is 15.6 Å². The van der Waals surface area contributed by atoms with Crippen molar-refractivity contribution in [3.8, 4) is 11.4 Å². The van der Waals surface area contributed by atoms with Gasteiger partial charge in [-0.25, -0.2) is 8.42 Å². The molecule has 0 amide bonds. The Morgan fingerprint density at radius 3 is 2.52 bits per heavy atom. The van der Waals surface area contributed by atoms with E-state index in [2.05, 4.69) is 20.2 Å². The summed E-state index contributed by atoms with van der Waals surface area (Å²) in [6, 6.07) is 5.36. The highest BCUT2D eigenvalue weighted by molar-refractivity contribution is 8.13. The predicted molar refractivity (Wildman–Crippen MR) is 77.3 cm³/mol. The van der Waals surface area contributed by atoms with Crippen LogP contribution in [0.5, 0.6) is 0 Å². The van der Waals surface area contributed by atoms with Crippen LogP contribution >= 0.6 is 10.7 Å². The van der Waals surface area contributed by atoms with E-state index in [0.717, 1.165) is 5.52 Å². The minimum atomic E-state index is -3.94. The van der Waals surface area contributed by atoms with E-state index in [1.54, 1.807) is 37.5 Å². The average molecular weight is 324 g/mol. The van der Waals surface area contributed by atoms with Crippen molar-refractivity contribution in [1.82, 2.24) is 24.7 Å². The molecule has 3 aromatic rings. The summed E-state index contributed by atoms with van der Waals surface area (Å²) in [5, 5.41) is 7.34. The maximum absolute atomic E-state index is 11.5. The number of aromatic nitrogens is 5. The van der Waals surface area contributed by atoms with Gasteiger partial charge in [-0.05, 0) is 25.1 Å². The highest BCUT2D eigenvalue weighted by Gasteiger charge is 2.22. The third kappa shape index (κ3) is 2.47. The van der Waals surface area contributed by atoms with Crippen molar-refractivity contribution in [3.63, 3.8) is 0 Å². The number of hydrogen-bond acceptors (Lipinski definition) is 6. The molecule has 3 rings (SSSR count). The van der Waals surface area contributed by atoms with E-state index in [0.29, 0.717) is 23.4 Å². The third-order valence-electron chi connectivity index (χ3n) is 2.98. The van der Waals surface area contributed by atoms with Gasteiger partial charge in [0.2, 0.25) is 0 Å². The maximum Gasteiger partial charge on any atom is 0.296 e. The molecule has 2 aromatic heterocycles. The lowest BCUT2D eigenvalue weighted by molar-refractivity contribution is 0.583. The largest absolute Gasteiger partial charge is 0.297 e. The fourth-order valence-electron chi connectivity index (χ4n) is 2.07. The van der Waals surface area contributed by atoms with Crippen molar-refractivity contribution < 1.29 is 8.42 Å². The Bertz CT molecular complexity index is 922. The molecule has 0 N–H and O–H groups in total. The molecule has 0 saturated carbocycles. The highest BCUT2D eigenvalue weighted by Crippen LogP contribution is 2.24. The van der Waals surface area contributed by atoms with Crippen LogP contribution in [0, 0.1) is 0 Å². The SMILES string of the molecule is CCn1c(-c2ccc3nccnc3c2)nnc1S(=O)(=O)Cl. The van der Waals surface area contributed by atoms with E-state index in [4.69, 9.17) is 10.7 Å². The highest BCUT2D eigenvalue weighted by atomic mass is 35.7. The van der Waals surface area contributed by atoms with Crippen LogP contribution in [-0.4, -0.2) is 33.2 Å². The van der Waals surface area contributed by atoms with Gasteiger partial charge >= 0.3 is 0 Å². The van der Waals surface area contributed by atoms with Gasteiger partial charge in [-0.2, -0.15) is 0 Å². The van der Waals surface area contributed by atoms with Crippen LogP contribution in [0.15, 0.2) is 35.7 Å². The van der Waals surface area contributed by atoms with Crippen LogP contribution in [0.25, 0.3) is 22.4 Å². The fraction of sp³-hybridized carbons (Fsp3) is 0.167. The molecule has 9 heteroatoms. The molecule has 7 nitrogen and oxygen atoms in total. The summed E-state index contributed by atoms with van der Waals surface area (Å²) in [4.78, 5) is 8.39. The summed E-state index contributed by atoms with van der Waals surface area (Å²) in [6.45, 7) is 2.17. The number of rotatable bonds is 3. The van der Waals surface area contributed by atoms with E-state index < -0.39 is 9.05 Å². The molecule has 21 heavy (non-hydrogen) atoms. The normalized spacial score (nSPS) is 11.9. The second kappa shape index (κ2) is 5.05. The molecule has 0 bridgehead atoms. The van der Waals surface area contributed by atoms with E-state index in [1.165, 1.54) is 4.57 Å². The zero-order valence-electron chi connectivity index (χ0n) is 10.9. The minimum Gasteiger partial charge on any atom is -0.297 e. The van der Waals surface area contributed by atoms with Crippen LogP contribution in [0.4, 0.5) is 0 Å². The Labute approximate surface area is 125 Å². The topological polar surface area (TPSA) is 90.6 Å². The third-order valence-corrected chi connectivity index (χ3v) is 4.13. The predicted octanol–water partition coefficient (Wildman–Crippen LogP) is 1.84. The molecule has 0 atom stereocenters. The molecule has 0 aliphatic rings. The van der Waals surface area contributed by atoms with Crippen molar-refractivity contribution in [1.29, 1.82) is 0 Å². The van der Waals surface area contributed by atoms with E-state index in [9.17, 15) is 8.42 Å². The van der Waals surface area contributed by atoms with Gasteiger partial charge in [0.05, 0.1) is 11.0 Å². The summed E-state index contributed by atoms with van der Waals surface area (Å²) >= 11 is 0. The minimum absolute atomic E-state index is 0.263. The Hall–Kier alpha value is -2.06. The van der Waals surface area contributed by atoms with E-state index >= 15 is 0 Å². The molecular formula is C12H10ClN5O2S. The summed E-state index contributed by atoms with van der Waals surface area (Å²) in [6.07, 6.45) is 3.19. The number of halogens is 1.